The minimum absolute atomic E-state index is 0.0477. The maximum absolute atomic E-state index is 5.92. The van der Waals surface area contributed by atoms with Gasteiger partial charge >= 0.3 is 0 Å². The Hall–Kier alpha value is -3.51. The van der Waals surface area contributed by atoms with Crippen LogP contribution in [0, 0.1) is 34.6 Å². The highest BCUT2D eigenvalue weighted by atomic mass is 32.1. The lowest BCUT2D eigenvalue weighted by atomic mass is 9.96. The Labute approximate surface area is 206 Å². The van der Waals surface area contributed by atoms with Gasteiger partial charge in [-0.25, -0.2) is 4.98 Å². The van der Waals surface area contributed by atoms with E-state index in [0.29, 0.717) is 5.11 Å². The van der Waals surface area contributed by atoms with Gasteiger partial charge in [-0.1, -0.05) is 18.2 Å². The van der Waals surface area contributed by atoms with E-state index < -0.39 is 0 Å². The van der Waals surface area contributed by atoms with Crippen LogP contribution in [0.5, 0.6) is 0 Å². The van der Waals surface area contributed by atoms with Crippen molar-refractivity contribution in [1.82, 2.24) is 19.9 Å². The van der Waals surface area contributed by atoms with Crippen LogP contribution in [-0.2, 0) is 0 Å². The molecule has 3 aromatic heterocycles. The van der Waals surface area contributed by atoms with Crippen molar-refractivity contribution in [3.8, 4) is 5.82 Å². The molecule has 6 heteroatoms. The summed E-state index contributed by atoms with van der Waals surface area (Å²) >= 11 is 5.92. The first-order chi connectivity index (χ1) is 16.4. The third-order valence-electron chi connectivity index (χ3n) is 6.85. The molecule has 4 heterocycles. The lowest BCUT2D eigenvalue weighted by molar-refractivity contribution is 0.565. The van der Waals surface area contributed by atoms with E-state index in [9.17, 15) is 0 Å². The van der Waals surface area contributed by atoms with Gasteiger partial charge in [-0.2, -0.15) is 0 Å². The van der Waals surface area contributed by atoms with E-state index in [4.69, 9.17) is 22.2 Å². The third kappa shape index (κ3) is 3.68. The zero-order valence-corrected chi connectivity index (χ0v) is 21.0. The van der Waals surface area contributed by atoms with Crippen LogP contribution in [0.15, 0.2) is 67.0 Å². The summed E-state index contributed by atoms with van der Waals surface area (Å²) in [6.07, 6.45) is 3.70. The Morgan fingerprint density at radius 2 is 1.62 bits per heavy atom. The van der Waals surface area contributed by atoms with Crippen molar-refractivity contribution >= 4 is 23.0 Å². The molecule has 0 unspecified atom stereocenters. The fourth-order valence-electron chi connectivity index (χ4n) is 4.95. The summed E-state index contributed by atoms with van der Waals surface area (Å²) in [5.41, 5.74) is 9.23. The van der Waals surface area contributed by atoms with E-state index in [1.54, 1.807) is 0 Å². The molecule has 4 aromatic rings. The average molecular weight is 468 g/mol. The number of anilines is 1. The molecule has 34 heavy (non-hydrogen) atoms. The van der Waals surface area contributed by atoms with Gasteiger partial charge < -0.3 is 14.8 Å². The number of pyridine rings is 2. The van der Waals surface area contributed by atoms with E-state index in [0.717, 1.165) is 34.2 Å². The molecule has 1 aliphatic heterocycles. The van der Waals surface area contributed by atoms with Crippen LogP contribution in [0.25, 0.3) is 5.82 Å². The van der Waals surface area contributed by atoms with E-state index >= 15 is 0 Å². The molecule has 0 spiro atoms. The summed E-state index contributed by atoms with van der Waals surface area (Å²) in [6, 6.07) is 18.8. The zero-order valence-electron chi connectivity index (χ0n) is 20.2. The SMILES string of the molecule is Cc1ccc(N2C(=S)N[C@H](c3ccccn3)[C@H]2c2cc(C)n(-c3ncccc3C)c2C)cc1C. The summed E-state index contributed by atoms with van der Waals surface area (Å²) in [4.78, 5) is 11.6. The number of aromatic nitrogens is 3. The Balaban J connectivity index is 1.70. The van der Waals surface area contributed by atoms with Crippen molar-refractivity contribution < 1.29 is 0 Å². The molecule has 2 atom stereocenters. The number of nitrogens with zero attached hydrogens (tertiary/aromatic N) is 4. The minimum atomic E-state index is -0.0749. The predicted molar refractivity (Wildman–Crippen MR) is 142 cm³/mol. The molecule has 0 saturated carbocycles. The molecule has 5 nitrogen and oxygen atoms in total. The normalized spacial score (nSPS) is 17.8. The largest absolute Gasteiger partial charge is 0.351 e. The minimum Gasteiger partial charge on any atom is -0.351 e. The number of hydrogen-bond acceptors (Lipinski definition) is 3. The maximum atomic E-state index is 5.92. The van der Waals surface area contributed by atoms with Gasteiger partial charge in [0.1, 0.15) is 5.82 Å². The van der Waals surface area contributed by atoms with Crippen molar-refractivity contribution in [2.75, 3.05) is 4.90 Å². The molecule has 172 valence electrons. The molecule has 1 fully saturated rings. The predicted octanol–water partition coefficient (Wildman–Crippen LogP) is 5.99. The average Bonchev–Trinajstić information content (AvgIpc) is 3.32. The van der Waals surface area contributed by atoms with E-state index in [-0.39, 0.29) is 12.1 Å². The van der Waals surface area contributed by atoms with Crippen LogP contribution in [0.2, 0.25) is 0 Å². The smallest absolute Gasteiger partial charge is 0.174 e. The third-order valence-corrected chi connectivity index (χ3v) is 7.16. The van der Waals surface area contributed by atoms with Gasteiger partial charge in [0.2, 0.25) is 0 Å². The highest BCUT2D eigenvalue weighted by Crippen LogP contribution is 2.44. The molecular weight excluding hydrogens is 438 g/mol. The van der Waals surface area contributed by atoms with E-state index in [2.05, 4.69) is 85.8 Å². The van der Waals surface area contributed by atoms with Crippen molar-refractivity contribution in [3.05, 3.63) is 106 Å². The molecular formula is C28H29N5S. The van der Waals surface area contributed by atoms with E-state index in [1.165, 1.54) is 16.7 Å². The first-order valence-corrected chi connectivity index (χ1v) is 12.0. The molecule has 1 N–H and O–H groups in total. The second-order valence-corrected chi connectivity index (χ2v) is 9.46. The summed E-state index contributed by atoms with van der Waals surface area (Å²) in [5.74, 6) is 0.962. The number of nitrogens with one attached hydrogen (secondary N) is 1. The van der Waals surface area contributed by atoms with Crippen LogP contribution in [-0.4, -0.2) is 19.6 Å². The van der Waals surface area contributed by atoms with Gasteiger partial charge in [-0.3, -0.25) is 4.98 Å². The van der Waals surface area contributed by atoms with Gasteiger partial charge in [0.05, 0.1) is 17.8 Å². The zero-order chi connectivity index (χ0) is 24.0. The Morgan fingerprint density at radius 3 is 2.32 bits per heavy atom. The van der Waals surface area contributed by atoms with Gasteiger partial charge in [0.25, 0.3) is 0 Å². The number of aryl methyl sites for hydroxylation is 4. The monoisotopic (exact) mass is 467 g/mol. The molecule has 5 rings (SSSR count). The second-order valence-electron chi connectivity index (χ2n) is 9.07. The van der Waals surface area contributed by atoms with Crippen LogP contribution < -0.4 is 10.2 Å². The first-order valence-electron chi connectivity index (χ1n) is 11.6. The van der Waals surface area contributed by atoms with Gasteiger partial charge in [-0.15, -0.1) is 0 Å². The van der Waals surface area contributed by atoms with Crippen LogP contribution in [0.4, 0.5) is 5.69 Å². The van der Waals surface area contributed by atoms with Gasteiger partial charge in [-0.05, 0) is 105 Å². The van der Waals surface area contributed by atoms with Gasteiger partial charge in [0, 0.05) is 29.5 Å². The lowest BCUT2D eigenvalue weighted by Gasteiger charge is -2.28. The maximum Gasteiger partial charge on any atom is 0.174 e. The van der Waals surface area contributed by atoms with Crippen molar-refractivity contribution in [1.29, 1.82) is 0 Å². The lowest BCUT2D eigenvalue weighted by Crippen LogP contribution is -2.29. The highest BCUT2D eigenvalue weighted by Gasteiger charge is 2.42. The van der Waals surface area contributed by atoms with E-state index in [1.807, 2.05) is 30.6 Å². The fraction of sp³-hybridized carbons (Fsp3) is 0.250. The Kier molecular flexibility index (Phi) is 5.70. The molecule has 1 aromatic carbocycles. The number of hydrogen-bond donors (Lipinski definition) is 1. The fourth-order valence-corrected chi connectivity index (χ4v) is 5.29. The van der Waals surface area contributed by atoms with Crippen molar-refractivity contribution in [3.63, 3.8) is 0 Å². The summed E-state index contributed by atoms with van der Waals surface area (Å²) in [7, 11) is 0. The standard InChI is InChI=1S/C28H29N5S/c1-17-11-12-22(15-19(17)3)33-26(25(31-28(33)34)24-10-6-7-13-29-24)23-16-20(4)32(21(23)5)27-18(2)9-8-14-30-27/h6-16,25-26H,1-5H3,(H,31,34)/t25-,26-/m1/s1. The van der Waals surface area contributed by atoms with Crippen molar-refractivity contribution in [2.24, 2.45) is 0 Å². The molecule has 0 aliphatic carbocycles. The summed E-state index contributed by atoms with van der Waals surface area (Å²) < 4.78 is 2.25. The molecule has 0 bridgehead atoms. The Bertz CT molecular complexity index is 1380. The van der Waals surface area contributed by atoms with Gasteiger partial charge in [0.15, 0.2) is 5.11 Å². The topological polar surface area (TPSA) is 46.0 Å². The summed E-state index contributed by atoms with van der Waals surface area (Å²) in [6.45, 7) is 10.7. The number of thiocarbonyl (C=S) groups is 1. The summed E-state index contributed by atoms with van der Waals surface area (Å²) in [5, 5.41) is 4.29. The van der Waals surface area contributed by atoms with Crippen LogP contribution >= 0.6 is 12.2 Å². The quantitative estimate of drug-likeness (QED) is 0.374. The highest BCUT2D eigenvalue weighted by molar-refractivity contribution is 7.80. The van der Waals surface area contributed by atoms with Crippen LogP contribution in [0.1, 0.15) is 51.4 Å². The first kappa shape index (κ1) is 22.3. The number of benzene rings is 1. The molecule has 0 amide bonds. The molecule has 0 radical (unpaired) electrons. The Morgan fingerprint density at radius 1 is 0.824 bits per heavy atom. The molecule has 1 saturated heterocycles. The van der Waals surface area contributed by atoms with Crippen LogP contribution in [0.3, 0.4) is 0 Å². The number of rotatable bonds is 4. The van der Waals surface area contributed by atoms with Crippen molar-refractivity contribution in [2.45, 2.75) is 46.7 Å². The second kappa shape index (κ2) is 8.69. The molecule has 1 aliphatic rings.